The van der Waals surface area contributed by atoms with Crippen LogP contribution in [0, 0.1) is 19.8 Å². The number of thiophene rings is 1. The summed E-state index contributed by atoms with van der Waals surface area (Å²) in [5, 5.41) is 2.78. The summed E-state index contributed by atoms with van der Waals surface area (Å²) < 4.78 is 44.5. The van der Waals surface area contributed by atoms with E-state index in [1.54, 1.807) is 6.07 Å². The molecule has 0 aliphatic heterocycles. The third kappa shape index (κ3) is 4.47. The van der Waals surface area contributed by atoms with E-state index in [2.05, 4.69) is 37.8 Å². The summed E-state index contributed by atoms with van der Waals surface area (Å²) in [7, 11) is -1.86. The van der Waals surface area contributed by atoms with Crippen LogP contribution < -0.4 is 5.19 Å². The van der Waals surface area contributed by atoms with Crippen LogP contribution >= 0.6 is 11.3 Å². The van der Waals surface area contributed by atoms with Crippen LogP contribution in [0.3, 0.4) is 0 Å². The van der Waals surface area contributed by atoms with E-state index in [1.165, 1.54) is 11.3 Å². The van der Waals surface area contributed by atoms with Gasteiger partial charge < -0.3 is 0 Å². The van der Waals surface area contributed by atoms with E-state index in [0.29, 0.717) is 22.1 Å². The Morgan fingerprint density at radius 2 is 1.61 bits per heavy atom. The second kappa shape index (κ2) is 8.24. The van der Waals surface area contributed by atoms with E-state index < -0.39 is 19.8 Å². The summed E-state index contributed by atoms with van der Waals surface area (Å²) in [6.45, 7) is 14.7. The summed E-state index contributed by atoms with van der Waals surface area (Å²) >= 11 is 1.26. The molecule has 2 heterocycles. The van der Waals surface area contributed by atoms with E-state index in [-0.39, 0.29) is 5.92 Å². The van der Waals surface area contributed by atoms with Gasteiger partial charge in [0.05, 0.1) is 24.0 Å². The molecule has 174 valence electrons. The summed E-state index contributed by atoms with van der Waals surface area (Å²) in [5.74, 6) is 0.142. The van der Waals surface area contributed by atoms with E-state index >= 15 is 0 Å². The molecule has 0 fully saturated rings. The third-order valence-electron chi connectivity index (χ3n) is 5.97. The lowest BCUT2D eigenvalue weighted by atomic mass is 9.95. The lowest BCUT2D eigenvalue weighted by Crippen LogP contribution is -2.38. The Morgan fingerprint density at radius 1 is 0.970 bits per heavy atom. The summed E-state index contributed by atoms with van der Waals surface area (Å²) in [6.07, 6.45) is -2.08. The van der Waals surface area contributed by atoms with Crippen molar-refractivity contribution in [1.29, 1.82) is 0 Å². The van der Waals surface area contributed by atoms with Gasteiger partial charge in [-0.15, -0.1) is 11.3 Å². The minimum Gasteiger partial charge on any atom is -0.255 e. The molecule has 0 unspecified atom stereocenters. The largest absolute Gasteiger partial charge is 0.418 e. The highest BCUT2D eigenvalue weighted by atomic mass is 32.1. The minimum atomic E-state index is -4.41. The molecule has 0 bridgehead atoms. The number of nitrogens with zero attached hydrogens (tertiary/aromatic N) is 1. The molecular weight excluding hydrogens is 455 g/mol. The summed E-state index contributed by atoms with van der Waals surface area (Å²) in [4.78, 5) is 4.85. The molecule has 0 atom stereocenters. The number of aryl methyl sites for hydroxylation is 2. The lowest BCUT2D eigenvalue weighted by molar-refractivity contribution is -0.136. The van der Waals surface area contributed by atoms with Crippen LogP contribution in [0.5, 0.6) is 0 Å². The fourth-order valence-corrected chi connectivity index (χ4v) is 7.67. The van der Waals surface area contributed by atoms with Crippen molar-refractivity contribution in [2.45, 2.75) is 59.9 Å². The fraction of sp³-hybridized carbons (Fsp3) is 0.370. The van der Waals surface area contributed by atoms with Crippen molar-refractivity contribution in [3.05, 3.63) is 58.8 Å². The van der Waals surface area contributed by atoms with Crippen molar-refractivity contribution in [3.8, 4) is 11.3 Å². The lowest BCUT2D eigenvalue weighted by Gasteiger charge is -2.19. The Bertz CT molecular complexity index is 1340. The molecule has 0 radical (unpaired) electrons. The number of aromatic nitrogens is 1. The van der Waals surface area contributed by atoms with Crippen LogP contribution in [0.4, 0.5) is 13.2 Å². The van der Waals surface area contributed by atoms with Crippen molar-refractivity contribution in [1.82, 2.24) is 4.98 Å². The average Bonchev–Trinajstić information content (AvgIpc) is 3.02. The molecule has 0 aliphatic rings. The Labute approximate surface area is 198 Å². The van der Waals surface area contributed by atoms with Gasteiger partial charge in [0.25, 0.3) is 0 Å². The number of hydrogen-bond donors (Lipinski definition) is 0. The highest BCUT2D eigenvalue weighted by molar-refractivity contribution is 7.27. The van der Waals surface area contributed by atoms with Crippen molar-refractivity contribution in [2.24, 2.45) is 5.92 Å². The van der Waals surface area contributed by atoms with Crippen molar-refractivity contribution < 1.29 is 13.2 Å². The maximum atomic E-state index is 14.4. The number of fused-ring (bicyclic) bond motifs is 3. The van der Waals surface area contributed by atoms with Gasteiger partial charge in [0, 0.05) is 27.2 Å². The van der Waals surface area contributed by atoms with Gasteiger partial charge in [-0.1, -0.05) is 62.8 Å². The molecule has 0 amide bonds. The number of rotatable bonds is 4. The molecule has 6 heteroatoms. The first-order valence-electron chi connectivity index (χ1n) is 11.3. The van der Waals surface area contributed by atoms with Crippen LogP contribution in [0.2, 0.25) is 19.6 Å². The molecule has 4 aromatic rings. The molecule has 2 aromatic heterocycles. The summed E-state index contributed by atoms with van der Waals surface area (Å²) in [5.41, 5.74) is 3.88. The van der Waals surface area contributed by atoms with Gasteiger partial charge in [-0.25, -0.2) is 0 Å². The molecule has 0 saturated heterocycles. The van der Waals surface area contributed by atoms with Gasteiger partial charge in [0.1, 0.15) is 0 Å². The molecule has 1 nitrogen and oxygen atoms in total. The predicted octanol–water partition coefficient (Wildman–Crippen LogP) is 8.50. The second-order valence-electron chi connectivity index (χ2n) is 10.5. The molecule has 0 N–H and O–H groups in total. The monoisotopic (exact) mass is 485 g/mol. The topological polar surface area (TPSA) is 12.9 Å². The molecular formula is C27H30F3NSSi. The number of pyridine rings is 1. The van der Waals surface area contributed by atoms with Crippen LogP contribution in [0.25, 0.3) is 31.4 Å². The van der Waals surface area contributed by atoms with Crippen LogP contribution in [-0.2, 0) is 12.6 Å². The predicted molar refractivity (Wildman–Crippen MR) is 139 cm³/mol. The molecule has 0 saturated carbocycles. The van der Waals surface area contributed by atoms with Gasteiger partial charge in [0.15, 0.2) is 0 Å². The number of hydrogen-bond acceptors (Lipinski definition) is 2. The van der Waals surface area contributed by atoms with E-state index in [0.717, 1.165) is 37.7 Å². The van der Waals surface area contributed by atoms with Gasteiger partial charge in [-0.3, -0.25) is 4.98 Å². The smallest absolute Gasteiger partial charge is 0.255 e. The van der Waals surface area contributed by atoms with Crippen LogP contribution in [0.1, 0.15) is 36.1 Å². The molecule has 4 rings (SSSR count). The minimum absolute atomic E-state index is 0.142. The normalized spacial score (nSPS) is 12.9. The molecule has 2 aromatic carbocycles. The van der Waals surface area contributed by atoms with Gasteiger partial charge in [0.2, 0.25) is 0 Å². The Kier molecular flexibility index (Phi) is 5.98. The quantitative estimate of drug-likeness (QED) is 0.264. The first-order valence-corrected chi connectivity index (χ1v) is 15.6. The maximum Gasteiger partial charge on any atom is 0.418 e. The standard InChI is InChI=1S/C27H30F3NSSi/c1-15(2)10-18-8-9-20-22-21(33(5,6)7)14-31-24(19-12-16(3)11-17(4)13-19)26(22)32-25(20)23(18)27(28,29)30/h8-9,11-15H,10H2,1-7H3. The van der Waals surface area contributed by atoms with Crippen molar-refractivity contribution >= 4 is 44.8 Å². The Morgan fingerprint density at radius 3 is 2.15 bits per heavy atom. The molecule has 33 heavy (non-hydrogen) atoms. The van der Waals surface area contributed by atoms with Crippen LogP contribution in [-0.4, -0.2) is 13.1 Å². The zero-order chi connectivity index (χ0) is 24.3. The number of benzene rings is 2. The zero-order valence-electron chi connectivity index (χ0n) is 20.2. The SMILES string of the molecule is Cc1cc(C)cc(-c2ncc([Si](C)(C)C)c3c2sc2c(C(F)(F)F)c(CC(C)C)ccc23)c1. The highest BCUT2D eigenvalue weighted by Gasteiger charge is 2.37. The van der Waals surface area contributed by atoms with Gasteiger partial charge in [-0.2, -0.15) is 13.2 Å². The van der Waals surface area contributed by atoms with E-state index in [4.69, 9.17) is 4.98 Å². The van der Waals surface area contributed by atoms with E-state index in [1.807, 2.05) is 40.0 Å². The van der Waals surface area contributed by atoms with Gasteiger partial charge >= 0.3 is 6.18 Å². The average molecular weight is 486 g/mol. The van der Waals surface area contributed by atoms with Crippen LogP contribution in [0.15, 0.2) is 36.5 Å². The third-order valence-corrected chi connectivity index (χ3v) is 9.19. The first-order chi connectivity index (χ1) is 15.3. The van der Waals surface area contributed by atoms with Gasteiger partial charge in [-0.05, 0) is 49.1 Å². The molecule has 0 spiro atoms. The van der Waals surface area contributed by atoms with Crippen molar-refractivity contribution in [2.75, 3.05) is 0 Å². The Hall–Kier alpha value is -2.18. The fourth-order valence-electron chi connectivity index (χ4n) is 4.69. The first kappa shape index (κ1) is 24.0. The second-order valence-corrected chi connectivity index (χ2v) is 16.6. The number of halogens is 3. The highest BCUT2D eigenvalue weighted by Crippen LogP contribution is 2.46. The molecule has 0 aliphatic carbocycles. The van der Waals surface area contributed by atoms with Crippen molar-refractivity contribution in [3.63, 3.8) is 0 Å². The number of alkyl halides is 3. The zero-order valence-corrected chi connectivity index (χ0v) is 22.1. The Balaban J connectivity index is 2.18. The summed E-state index contributed by atoms with van der Waals surface area (Å²) in [6, 6.07) is 9.85. The maximum absolute atomic E-state index is 14.4. The van der Waals surface area contributed by atoms with E-state index in [9.17, 15) is 13.2 Å².